The molecule has 8 heteroatoms. The molecule has 0 aliphatic heterocycles. The predicted molar refractivity (Wildman–Crippen MR) is 131 cm³/mol. The summed E-state index contributed by atoms with van der Waals surface area (Å²) in [6.45, 7) is 0.309. The van der Waals surface area contributed by atoms with E-state index in [1.54, 1.807) is 13.2 Å². The van der Waals surface area contributed by atoms with E-state index in [1.807, 2.05) is 42.5 Å². The second-order valence-electron chi connectivity index (χ2n) is 8.18. The van der Waals surface area contributed by atoms with Crippen molar-refractivity contribution < 1.29 is 19.1 Å². The zero-order valence-corrected chi connectivity index (χ0v) is 19.7. The summed E-state index contributed by atoms with van der Waals surface area (Å²) in [4.78, 5) is 25.8. The SMILES string of the molecule is COc1cc(CN(C(=S)NC(=O)Cc2ccccc2)C2CCCCC2)ccc1OCC(N)=O. The van der Waals surface area contributed by atoms with Crippen LogP contribution in [0.3, 0.4) is 0 Å². The van der Waals surface area contributed by atoms with Crippen molar-refractivity contribution in [3.63, 3.8) is 0 Å². The average molecular weight is 470 g/mol. The molecule has 1 aliphatic carbocycles. The van der Waals surface area contributed by atoms with E-state index in [4.69, 9.17) is 27.4 Å². The number of thiocarbonyl (C=S) groups is 1. The molecule has 3 rings (SSSR count). The van der Waals surface area contributed by atoms with Crippen LogP contribution < -0.4 is 20.5 Å². The van der Waals surface area contributed by atoms with E-state index in [0.29, 0.717) is 23.2 Å². The van der Waals surface area contributed by atoms with E-state index >= 15 is 0 Å². The summed E-state index contributed by atoms with van der Waals surface area (Å²) in [7, 11) is 1.55. The molecule has 0 heterocycles. The van der Waals surface area contributed by atoms with Crippen LogP contribution >= 0.6 is 12.2 Å². The van der Waals surface area contributed by atoms with Crippen LogP contribution in [0.25, 0.3) is 0 Å². The summed E-state index contributed by atoms with van der Waals surface area (Å²) in [5.41, 5.74) is 7.08. The summed E-state index contributed by atoms with van der Waals surface area (Å²) in [6.07, 6.45) is 5.85. The number of amides is 2. The molecule has 1 aliphatic rings. The van der Waals surface area contributed by atoms with E-state index in [0.717, 1.165) is 36.8 Å². The molecule has 0 unspecified atom stereocenters. The molecule has 1 fully saturated rings. The lowest BCUT2D eigenvalue weighted by atomic mass is 9.94. The summed E-state index contributed by atoms with van der Waals surface area (Å²) in [6, 6.07) is 15.4. The smallest absolute Gasteiger partial charge is 0.255 e. The lowest BCUT2D eigenvalue weighted by Crippen LogP contribution is -2.48. The second kappa shape index (κ2) is 12.2. The lowest BCUT2D eigenvalue weighted by Gasteiger charge is -2.36. The number of hydrogen-bond acceptors (Lipinski definition) is 5. The van der Waals surface area contributed by atoms with Crippen LogP contribution in [0.1, 0.15) is 43.2 Å². The molecule has 3 N–H and O–H groups in total. The Bertz CT molecular complexity index is 961. The maximum absolute atomic E-state index is 12.6. The number of rotatable bonds is 9. The number of methoxy groups -OCH3 is 1. The maximum atomic E-state index is 12.6. The second-order valence-corrected chi connectivity index (χ2v) is 8.56. The Morgan fingerprint density at radius 3 is 2.45 bits per heavy atom. The van der Waals surface area contributed by atoms with Crippen molar-refractivity contribution in [2.24, 2.45) is 5.73 Å². The monoisotopic (exact) mass is 469 g/mol. The third kappa shape index (κ3) is 7.46. The lowest BCUT2D eigenvalue weighted by molar-refractivity contribution is -0.120. The molecule has 0 saturated heterocycles. The van der Waals surface area contributed by atoms with E-state index in [-0.39, 0.29) is 25.0 Å². The largest absolute Gasteiger partial charge is 0.493 e. The first-order valence-electron chi connectivity index (χ1n) is 11.2. The van der Waals surface area contributed by atoms with Gasteiger partial charge in [-0.3, -0.25) is 9.59 Å². The van der Waals surface area contributed by atoms with Crippen molar-refractivity contribution in [1.82, 2.24) is 10.2 Å². The highest BCUT2D eigenvalue weighted by Gasteiger charge is 2.25. The first-order valence-corrected chi connectivity index (χ1v) is 11.6. The van der Waals surface area contributed by atoms with E-state index in [9.17, 15) is 9.59 Å². The maximum Gasteiger partial charge on any atom is 0.255 e. The average Bonchev–Trinajstić information content (AvgIpc) is 2.82. The van der Waals surface area contributed by atoms with E-state index < -0.39 is 5.91 Å². The Morgan fingerprint density at radius 2 is 1.79 bits per heavy atom. The van der Waals surface area contributed by atoms with Gasteiger partial charge in [-0.05, 0) is 48.3 Å². The van der Waals surface area contributed by atoms with Crippen molar-refractivity contribution in [1.29, 1.82) is 0 Å². The van der Waals surface area contributed by atoms with Gasteiger partial charge in [0.05, 0.1) is 13.5 Å². The zero-order valence-electron chi connectivity index (χ0n) is 18.9. The fraction of sp³-hybridized carbons (Fsp3) is 0.400. The topological polar surface area (TPSA) is 93.9 Å². The Hall–Kier alpha value is -3.13. The van der Waals surface area contributed by atoms with Crippen molar-refractivity contribution in [2.75, 3.05) is 13.7 Å². The van der Waals surface area contributed by atoms with Gasteiger partial charge in [0, 0.05) is 12.6 Å². The van der Waals surface area contributed by atoms with Crippen LogP contribution in [0.2, 0.25) is 0 Å². The van der Waals surface area contributed by atoms with Gasteiger partial charge in [0.15, 0.2) is 23.2 Å². The zero-order chi connectivity index (χ0) is 23.6. The first kappa shape index (κ1) is 24.5. The standard InChI is InChI=1S/C25H31N3O4S/c1-31-22-14-19(12-13-21(22)32-17-23(26)29)16-28(20-10-6-3-7-11-20)25(33)27-24(30)15-18-8-4-2-5-9-18/h2,4-5,8-9,12-14,20H,3,6-7,10-11,15-17H2,1H3,(H2,26,29)(H,27,30,33). The third-order valence-electron chi connectivity index (χ3n) is 5.68. The Morgan fingerprint density at radius 1 is 1.06 bits per heavy atom. The minimum absolute atomic E-state index is 0.125. The van der Waals surface area contributed by atoms with Gasteiger partial charge < -0.3 is 25.4 Å². The Balaban J connectivity index is 1.73. The molecule has 0 bridgehead atoms. The molecule has 176 valence electrons. The van der Waals surface area contributed by atoms with Gasteiger partial charge in [0.25, 0.3) is 5.91 Å². The highest BCUT2D eigenvalue weighted by molar-refractivity contribution is 7.80. The van der Waals surface area contributed by atoms with Gasteiger partial charge in [0.2, 0.25) is 5.91 Å². The molecule has 2 aromatic rings. The predicted octanol–water partition coefficient (Wildman–Crippen LogP) is 3.34. The van der Waals surface area contributed by atoms with Gasteiger partial charge in [-0.2, -0.15) is 0 Å². The minimum atomic E-state index is -0.554. The van der Waals surface area contributed by atoms with Crippen LogP contribution in [0, 0.1) is 0 Å². The normalized spacial score (nSPS) is 13.7. The summed E-state index contributed by atoms with van der Waals surface area (Å²) in [5.74, 6) is 0.278. The molecule has 0 spiro atoms. The molecule has 0 radical (unpaired) electrons. The van der Waals surface area contributed by atoms with E-state index in [1.165, 1.54) is 6.42 Å². The number of nitrogens with zero attached hydrogens (tertiary/aromatic N) is 1. The van der Waals surface area contributed by atoms with Gasteiger partial charge >= 0.3 is 0 Å². The number of nitrogens with two attached hydrogens (primary N) is 1. The number of hydrogen-bond donors (Lipinski definition) is 2. The highest BCUT2D eigenvalue weighted by atomic mass is 32.1. The van der Waals surface area contributed by atoms with Crippen LogP contribution in [0.5, 0.6) is 11.5 Å². The van der Waals surface area contributed by atoms with Gasteiger partial charge in [0.1, 0.15) is 0 Å². The molecule has 7 nitrogen and oxygen atoms in total. The number of benzene rings is 2. The van der Waals surface area contributed by atoms with Gasteiger partial charge in [-0.25, -0.2) is 0 Å². The molecule has 2 amide bonds. The van der Waals surface area contributed by atoms with Crippen LogP contribution in [-0.2, 0) is 22.6 Å². The summed E-state index contributed by atoms with van der Waals surface area (Å²) >= 11 is 5.69. The molecule has 0 aromatic heterocycles. The van der Waals surface area contributed by atoms with Crippen molar-refractivity contribution in [3.8, 4) is 11.5 Å². The van der Waals surface area contributed by atoms with Crippen LogP contribution in [0.4, 0.5) is 0 Å². The molecule has 33 heavy (non-hydrogen) atoms. The minimum Gasteiger partial charge on any atom is -0.493 e. The van der Waals surface area contributed by atoms with Crippen molar-refractivity contribution >= 4 is 29.1 Å². The molecular weight excluding hydrogens is 438 g/mol. The Labute approximate surface area is 200 Å². The van der Waals surface area contributed by atoms with Gasteiger partial charge in [-0.1, -0.05) is 55.7 Å². The number of ether oxygens (including phenoxy) is 2. The fourth-order valence-corrected chi connectivity index (χ4v) is 4.38. The summed E-state index contributed by atoms with van der Waals surface area (Å²) < 4.78 is 10.9. The van der Waals surface area contributed by atoms with Crippen molar-refractivity contribution in [2.45, 2.75) is 51.1 Å². The summed E-state index contributed by atoms with van der Waals surface area (Å²) in [5, 5.41) is 3.37. The number of carbonyl (C=O) groups is 2. The van der Waals surface area contributed by atoms with Crippen LogP contribution in [0.15, 0.2) is 48.5 Å². The quantitative estimate of drug-likeness (QED) is 0.547. The third-order valence-corrected chi connectivity index (χ3v) is 6.02. The first-order chi connectivity index (χ1) is 16.0. The molecule has 0 atom stereocenters. The molecule has 2 aromatic carbocycles. The van der Waals surface area contributed by atoms with Crippen LogP contribution in [-0.4, -0.2) is 41.6 Å². The van der Waals surface area contributed by atoms with Gasteiger partial charge in [-0.15, -0.1) is 0 Å². The van der Waals surface area contributed by atoms with Crippen molar-refractivity contribution in [3.05, 3.63) is 59.7 Å². The van der Waals surface area contributed by atoms with E-state index in [2.05, 4.69) is 10.2 Å². The number of carbonyl (C=O) groups excluding carboxylic acids is 2. The number of primary amides is 1. The molecular formula is C25H31N3O4S. The number of nitrogens with one attached hydrogen (secondary N) is 1. The highest BCUT2D eigenvalue weighted by Crippen LogP contribution is 2.30. The molecule has 1 saturated carbocycles. The Kier molecular flexibility index (Phi) is 9.06. The fourth-order valence-electron chi connectivity index (χ4n) is 4.05.